The zero-order valence-corrected chi connectivity index (χ0v) is 14.1. The minimum absolute atomic E-state index is 0.0326. The Bertz CT molecular complexity index is 573. The van der Waals surface area contributed by atoms with Crippen LogP contribution in [0.4, 0.5) is 0 Å². The summed E-state index contributed by atoms with van der Waals surface area (Å²) in [5.41, 5.74) is 7.29. The number of carbonyl (C=O) groups excluding carboxylic acids is 2. The van der Waals surface area contributed by atoms with E-state index < -0.39 is 0 Å². The third kappa shape index (κ3) is 3.94. The number of likely N-dealkylation sites (tertiary alicyclic amines) is 1. The van der Waals surface area contributed by atoms with Crippen LogP contribution in [0.5, 0.6) is 0 Å². The molecule has 0 unspecified atom stereocenters. The van der Waals surface area contributed by atoms with Gasteiger partial charge in [-0.15, -0.1) is 0 Å². The molecule has 130 valence electrons. The molecular formula is C18H26N4O2. The van der Waals surface area contributed by atoms with Crippen molar-refractivity contribution in [1.82, 2.24) is 14.7 Å². The molecule has 0 spiro atoms. The van der Waals surface area contributed by atoms with Crippen LogP contribution in [0.3, 0.4) is 0 Å². The number of nitrogens with two attached hydrogens (primary N) is 1. The minimum Gasteiger partial charge on any atom is -0.338 e. The molecule has 6 nitrogen and oxygen atoms in total. The average Bonchev–Trinajstić information content (AvgIpc) is 3.14. The van der Waals surface area contributed by atoms with E-state index in [0.29, 0.717) is 44.8 Å². The van der Waals surface area contributed by atoms with Gasteiger partial charge in [-0.3, -0.25) is 14.5 Å². The average molecular weight is 330 g/mol. The zero-order chi connectivity index (χ0) is 16.9. The van der Waals surface area contributed by atoms with Gasteiger partial charge < -0.3 is 15.5 Å². The first kappa shape index (κ1) is 16.9. The second kappa shape index (κ2) is 7.77. The topological polar surface area (TPSA) is 69.9 Å². The van der Waals surface area contributed by atoms with Gasteiger partial charge in [0.25, 0.3) is 5.91 Å². The van der Waals surface area contributed by atoms with Crippen LogP contribution in [0.25, 0.3) is 0 Å². The van der Waals surface area contributed by atoms with E-state index in [-0.39, 0.29) is 11.8 Å². The molecule has 2 heterocycles. The Morgan fingerprint density at radius 2 is 1.46 bits per heavy atom. The van der Waals surface area contributed by atoms with E-state index in [2.05, 4.69) is 4.90 Å². The standard InChI is InChI=1S/C18H26N4O2/c19-13-15-3-5-16(6-4-15)18(24)22-11-9-21(10-12-22)17(23)14-20-7-1-2-8-20/h3-6H,1-2,7-14,19H2. The molecule has 0 saturated carbocycles. The second-order valence-electron chi connectivity index (χ2n) is 6.56. The summed E-state index contributed by atoms with van der Waals surface area (Å²) < 4.78 is 0. The van der Waals surface area contributed by atoms with Gasteiger partial charge in [-0.25, -0.2) is 0 Å². The lowest BCUT2D eigenvalue weighted by Crippen LogP contribution is -2.52. The van der Waals surface area contributed by atoms with Gasteiger partial charge >= 0.3 is 0 Å². The normalized spacial score (nSPS) is 18.9. The molecule has 2 fully saturated rings. The summed E-state index contributed by atoms with van der Waals surface area (Å²) in [5.74, 6) is 0.224. The van der Waals surface area contributed by atoms with Crippen molar-refractivity contribution < 1.29 is 9.59 Å². The molecule has 0 aliphatic carbocycles. The number of hydrogen-bond acceptors (Lipinski definition) is 4. The van der Waals surface area contributed by atoms with E-state index in [1.807, 2.05) is 34.1 Å². The number of rotatable bonds is 4. The van der Waals surface area contributed by atoms with E-state index in [9.17, 15) is 9.59 Å². The van der Waals surface area contributed by atoms with Gasteiger partial charge in [0.15, 0.2) is 0 Å². The number of piperazine rings is 1. The van der Waals surface area contributed by atoms with Crippen LogP contribution in [0.2, 0.25) is 0 Å². The van der Waals surface area contributed by atoms with Crippen molar-refractivity contribution in [1.29, 1.82) is 0 Å². The minimum atomic E-state index is 0.0326. The van der Waals surface area contributed by atoms with E-state index >= 15 is 0 Å². The summed E-state index contributed by atoms with van der Waals surface area (Å²) >= 11 is 0. The smallest absolute Gasteiger partial charge is 0.253 e. The molecule has 0 bridgehead atoms. The third-order valence-electron chi connectivity index (χ3n) is 4.91. The van der Waals surface area contributed by atoms with Gasteiger partial charge in [0.1, 0.15) is 0 Å². The molecule has 1 aromatic rings. The van der Waals surface area contributed by atoms with Crippen molar-refractivity contribution in [2.45, 2.75) is 19.4 Å². The van der Waals surface area contributed by atoms with E-state index in [1.54, 1.807) is 0 Å². The number of hydrogen-bond donors (Lipinski definition) is 1. The lowest BCUT2D eigenvalue weighted by atomic mass is 10.1. The molecule has 3 rings (SSSR count). The van der Waals surface area contributed by atoms with Crippen molar-refractivity contribution in [3.05, 3.63) is 35.4 Å². The van der Waals surface area contributed by atoms with Crippen LogP contribution >= 0.6 is 0 Å². The van der Waals surface area contributed by atoms with Gasteiger partial charge in [-0.05, 0) is 43.6 Å². The van der Waals surface area contributed by atoms with Crippen molar-refractivity contribution in [2.75, 3.05) is 45.8 Å². The Morgan fingerprint density at radius 1 is 0.875 bits per heavy atom. The fourth-order valence-corrected chi connectivity index (χ4v) is 3.36. The van der Waals surface area contributed by atoms with Gasteiger partial charge in [-0.2, -0.15) is 0 Å². The fourth-order valence-electron chi connectivity index (χ4n) is 3.36. The summed E-state index contributed by atoms with van der Waals surface area (Å²) in [4.78, 5) is 30.8. The van der Waals surface area contributed by atoms with Crippen molar-refractivity contribution in [3.8, 4) is 0 Å². The summed E-state index contributed by atoms with van der Waals surface area (Å²) in [5, 5.41) is 0. The van der Waals surface area contributed by atoms with Crippen LogP contribution in [0, 0.1) is 0 Å². The molecular weight excluding hydrogens is 304 g/mol. The lowest BCUT2D eigenvalue weighted by molar-refractivity contribution is -0.133. The predicted molar refractivity (Wildman–Crippen MR) is 92.5 cm³/mol. The highest BCUT2D eigenvalue weighted by atomic mass is 16.2. The molecule has 24 heavy (non-hydrogen) atoms. The van der Waals surface area contributed by atoms with Crippen molar-refractivity contribution in [3.63, 3.8) is 0 Å². The Labute approximate surface area is 143 Å². The zero-order valence-electron chi connectivity index (χ0n) is 14.1. The molecule has 1 aromatic carbocycles. The molecule has 0 atom stereocenters. The van der Waals surface area contributed by atoms with Crippen LogP contribution < -0.4 is 5.73 Å². The number of benzene rings is 1. The maximum atomic E-state index is 12.5. The SMILES string of the molecule is NCc1ccc(C(=O)N2CCN(C(=O)CN3CCCC3)CC2)cc1. The van der Waals surface area contributed by atoms with Crippen LogP contribution in [0.15, 0.2) is 24.3 Å². The number of amides is 2. The summed E-state index contributed by atoms with van der Waals surface area (Å²) in [7, 11) is 0. The monoisotopic (exact) mass is 330 g/mol. The summed E-state index contributed by atoms with van der Waals surface area (Å²) in [6.07, 6.45) is 2.39. The van der Waals surface area contributed by atoms with Crippen molar-refractivity contribution >= 4 is 11.8 Å². The maximum absolute atomic E-state index is 12.5. The highest BCUT2D eigenvalue weighted by molar-refractivity contribution is 5.94. The largest absolute Gasteiger partial charge is 0.338 e. The Kier molecular flexibility index (Phi) is 5.48. The fraction of sp³-hybridized carbons (Fsp3) is 0.556. The molecule has 2 aliphatic heterocycles. The number of carbonyl (C=O) groups is 2. The van der Waals surface area contributed by atoms with Crippen molar-refractivity contribution in [2.24, 2.45) is 5.73 Å². The number of nitrogens with zero attached hydrogens (tertiary/aromatic N) is 3. The lowest BCUT2D eigenvalue weighted by Gasteiger charge is -2.35. The molecule has 6 heteroatoms. The van der Waals surface area contributed by atoms with Crippen LogP contribution in [-0.4, -0.2) is 72.3 Å². The second-order valence-corrected chi connectivity index (χ2v) is 6.56. The summed E-state index contributed by atoms with van der Waals surface area (Å²) in [6.45, 7) is 5.51. The molecule has 2 amide bonds. The molecule has 2 N–H and O–H groups in total. The first-order valence-electron chi connectivity index (χ1n) is 8.76. The van der Waals surface area contributed by atoms with E-state index in [1.165, 1.54) is 12.8 Å². The highest BCUT2D eigenvalue weighted by Crippen LogP contribution is 2.12. The summed E-state index contributed by atoms with van der Waals surface area (Å²) in [6, 6.07) is 7.44. The molecule has 2 aliphatic rings. The van der Waals surface area contributed by atoms with Gasteiger partial charge in [0, 0.05) is 38.3 Å². The third-order valence-corrected chi connectivity index (χ3v) is 4.91. The predicted octanol–water partition coefficient (Wildman–Crippen LogP) is 0.526. The quantitative estimate of drug-likeness (QED) is 0.874. The first-order chi connectivity index (χ1) is 11.7. The highest BCUT2D eigenvalue weighted by Gasteiger charge is 2.26. The Hall–Kier alpha value is -1.92. The van der Waals surface area contributed by atoms with E-state index in [4.69, 9.17) is 5.73 Å². The van der Waals surface area contributed by atoms with Gasteiger partial charge in [0.05, 0.1) is 6.54 Å². The maximum Gasteiger partial charge on any atom is 0.253 e. The van der Waals surface area contributed by atoms with Gasteiger partial charge in [-0.1, -0.05) is 12.1 Å². The van der Waals surface area contributed by atoms with Gasteiger partial charge in [0.2, 0.25) is 5.91 Å². The molecule has 0 radical (unpaired) electrons. The Balaban J connectivity index is 1.50. The first-order valence-corrected chi connectivity index (χ1v) is 8.76. The van der Waals surface area contributed by atoms with E-state index in [0.717, 1.165) is 18.7 Å². The molecule has 0 aromatic heterocycles. The van der Waals surface area contributed by atoms with Crippen LogP contribution in [-0.2, 0) is 11.3 Å². The molecule has 2 saturated heterocycles. The Morgan fingerprint density at radius 3 is 2.04 bits per heavy atom. The van der Waals surface area contributed by atoms with Crippen LogP contribution in [0.1, 0.15) is 28.8 Å².